The summed E-state index contributed by atoms with van der Waals surface area (Å²) < 4.78 is 0. The predicted octanol–water partition coefficient (Wildman–Crippen LogP) is 2.02. The highest BCUT2D eigenvalue weighted by Gasteiger charge is 2.35. The molecule has 1 N–H and O–H groups in total. The standard InChI is InChI=1S/C23H29N5O2/c29-21(16-26-10-12-27(13-11-26)22-15-24-7-8-25-22)19-5-6-20-18(14-19)2-1-9-28(20)23(30)17-3-4-17/h5-8,14-15,17,21,29H,1-4,9-13,16H2/t21-/m1/s1. The smallest absolute Gasteiger partial charge is 0.230 e. The average Bonchev–Trinajstić information content (AvgIpc) is 3.64. The van der Waals surface area contributed by atoms with E-state index in [1.54, 1.807) is 18.6 Å². The summed E-state index contributed by atoms with van der Waals surface area (Å²) in [6.45, 7) is 4.99. The van der Waals surface area contributed by atoms with Crippen molar-refractivity contribution in [3.8, 4) is 0 Å². The number of hydrogen-bond acceptors (Lipinski definition) is 6. The van der Waals surface area contributed by atoms with E-state index in [0.29, 0.717) is 6.54 Å². The highest BCUT2D eigenvalue weighted by Crippen LogP contribution is 2.36. The van der Waals surface area contributed by atoms with Crippen LogP contribution in [0.2, 0.25) is 0 Å². The van der Waals surface area contributed by atoms with Crippen molar-refractivity contribution in [1.29, 1.82) is 0 Å². The molecular weight excluding hydrogens is 378 g/mol. The van der Waals surface area contributed by atoms with Gasteiger partial charge in [0.05, 0.1) is 12.3 Å². The maximum Gasteiger partial charge on any atom is 0.230 e. The van der Waals surface area contributed by atoms with Gasteiger partial charge in [0.15, 0.2) is 0 Å². The van der Waals surface area contributed by atoms with Gasteiger partial charge in [0.2, 0.25) is 5.91 Å². The molecule has 1 atom stereocenters. The minimum absolute atomic E-state index is 0.238. The number of aromatic nitrogens is 2. The van der Waals surface area contributed by atoms with E-state index < -0.39 is 6.10 Å². The van der Waals surface area contributed by atoms with Crippen LogP contribution in [0.5, 0.6) is 0 Å². The van der Waals surface area contributed by atoms with Crippen LogP contribution in [0.3, 0.4) is 0 Å². The fourth-order valence-corrected chi connectivity index (χ4v) is 4.57. The Balaban J connectivity index is 1.21. The number of piperazine rings is 1. The highest BCUT2D eigenvalue weighted by molar-refractivity contribution is 5.97. The molecule has 7 nitrogen and oxygen atoms in total. The molecule has 0 spiro atoms. The van der Waals surface area contributed by atoms with Crippen molar-refractivity contribution >= 4 is 17.4 Å². The van der Waals surface area contributed by atoms with Gasteiger partial charge in [-0.05, 0) is 42.9 Å². The lowest BCUT2D eigenvalue weighted by Crippen LogP contribution is -2.47. The number of amides is 1. The van der Waals surface area contributed by atoms with Crippen LogP contribution in [0.4, 0.5) is 11.5 Å². The first-order valence-corrected chi connectivity index (χ1v) is 11.0. The quantitative estimate of drug-likeness (QED) is 0.818. The van der Waals surface area contributed by atoms with Crippen molar-refractivity contribution < 1.29 is 9.90 Å². The van der Waals surface area contributed by atoms with E-state index in [-0.39, 0.29) is 11.8 Å². The van der Waals surface area contributed by atoms with Crippen molar-refractivity contribution in [2.75, 3.05) is 49.1 Å². The number of hydrogen-bond donors (Lipinski definition) is 1. The van der Waals surface area contributed by atoms with Crippen molar-refractivity contribution in [3.05, 3.63) is 47.9 Å². The van der Waals surface area contributed by atoms with Gasteiger partial charge >= 0.3 is 0 Å². The Morgan fingerprint density at radius 2 is 1.97 bits per heavy atom. The zero-order valence-corrected chi connectivity index (χ0v) is 17.3. The Morgan fingerprint density at radius 3 is 2.70 bits per heavy atom. The van der Waals surface area contributed by atoms with Crippen LogP contribution in [0, 0.1) is 5.92 Å². The molecule has 0 unspecified atom stereocenters. The molecule has 7 heteroatoms. The summed E-state index contributed by atoms with van der Waals surface area (Å²) in [5.74, 6) is 1.43. The Kier molecular flexibility index (Phi) is 5.39. The van der Waals surface area contributed by atoms with Crippen LogP contribution >= 0.6 is 0 Å². The first-order chi connectivity index (χ1) is 14.7. The van der Waals surface area contributed by atoms with Gasteiger partial charge < -0.3 is 14.9 Å². The summed E-state index contributed by atoms with van der Waals surface area (Å²) in [7, 11) is 0. The van der Waals surface area contributed by atoms with Gasteiger partial charge in [-0.15, -0.1) is 0 Å². The van der Waals surface area contributed by atoms with Gasteiger partial charge in [-0.25, -0.2) is 4.98 Å². The molecule has 3 aliphatic rings. The van der Waals surface area contributed by atoms with E-state index in [1.807, 2.05) is 17.0 Å². The number of carbonyl (C=O) groups is 1. The molecule has 2 fully saturated rings. The van der Waals surface area contributed by atoms with Gasteiger partial charge in [-0.2, -0.15) is 0 Å². The molecule has 1 aromatic carbocycles. The normalized spacial score (nSPS) is 20.7. The molecule has 0 bridgehead atoms. The third-order valence-electron chi connectivity index (χ3n) is 6.48. The number of aliphatic hydroxyl groups is 1. The fraction of sp³-hybridized carbons (Fsp3) is 0.522. The number of anilines is 2. The van der Waals surface area contributed by atoms with Crippen LogP contribution in [0.15, 0.2) is 36.8 Å². The van der Waals surface area contributed by atoms with Crippen LogP contribution in [-0.2, 0) is 11.2 Å². The van der Waals surface area contributed by atoms with Gasteiger partial charge in [0.1, 0.15) is 5.82 Å². The minimum Gasteiger partial charge on any atom is -0.387 e. The summed E-state index contributed by atoms with van der Waals surface area (Å²) in [6, 6.07) is 6.15. The van der Waals surface area contributed by atoms with Crippen LogP contribution < -0.4 is 9.80 Å². The molecule has 1 aromatic heterocycles. The topological polar surface area (TPSA) is 72.8 Å². The predicted molar refractivity (Wildman–Crippen MR) is 115 cm³/mol. The van der Waals surface area contributed by atoms with Gasteiger partial charge in [0, 0.05) is 63.3 Å². The van der Waals surface area contributed by atoms with E-state index >= 15 is 0 Å². The van der Waals surface area contributed by atoms with Crippen molar-refractivity contribution in [3.63, 3.8) is 0 Å². The van der Waals surface area contributed by atoms with Gasteiger partial charge in [-0.3, -0.25) is 14.7 Å². The van der Waals surface area contributed by atoms with Crippen molar-refractivity contribution in [2.24, 2.45) is 5.92 Å². The third kappa shape index (κ3) is 4.04. The van der Waals surface area contributed by atoms with Crippen molar-refractivity contribution in [1.82, 2.24) is 14.9 Å². The molecule has 158 valence electrons. The summed E-state index contributed by atoms with van der Waals surface area (Å²) in [4.78, 5) is 27.6. The van der Waals surface area contributed by atoms with Crippen LogP contribution in [0.25, 0.3) is 0 Å². The van der Waals surface area contributed by atoms with Crippen LogP contribution in [-0.4, -0.2) is 65.2 Å². The molecule has 1 saturated carbocycles. The molecule has 2 aliphatic heterocycles. The number of benzene rings is 1. The van der Waals surface area contributed by atoms with E-state index in [2.05, 4.69) is 25.8 Å². The second-order valence-electron chi connectivity index (χ2n) is 8.62. The molecule has 5 rings (SSSR count). The first-order valence-electron chi connectivity index (χ1n) is 11.0. The minimum atomic E-state index is -0.520. The summed E-state index contributed by atoms with van der Waals surface area (Å²) >= 11 is 0. The van der Waals surface area contributed by atoms with Crippen LogP contribution in [0.1, 0.15) is 36.5 Å². The average molecular weight is 408 g/mol. The first kappa shape index (κ1) is 19.5. The van der Waals surface area contributed by atoms with Gasteiger partial charge in [0.25, 0.3) is 0 Å². The lowest BCUT2D eigenvalue weighted by atomic mass is 9.96. The zero-order valence-electron chi connectivity index (χ0n) is 17.3. The van der Waals surface area contributed by atoms with Gasteiger partial charge in [-0.1, -0.05) is 12.1 Å². The number of nitrogens with zero attached hydrogens (tertiary/aromatic N) is 5. The lowest BCUT2D eigenvalue weighted by molar-refractivity contribution is -0.119. The number of carbonyl (C=O) groups excluding carboxylic acids is 1. The molecule has 1 saturated heterocycles. The Labute approximate surface area is 177 Å². The number of fused-ring (bicyclic) bond motifs is 1. The van der Waals surface area contributed by atoms with E-state index in [0.717, 1.165) is 75.5 Å². The lowest BCUT2D eigenvalue weighted by Gasteiger charge is -2.36. The molecule has 2 aromatic rings. The number of rotatable bonds is 5. The number of aryl methyl sites for hydroxylation is 1. The summed E-state index contributed by atoms with van der Waals surface area (Å²) in [5, 5.41) is 10.9. The summed E-state index contributed by atoms with van der Waals surface area (Å²) in [5.41, 5.74) is 3.19. The van der Waals surface area contributed by atoms with E-state index in [1.165, 1.54) is 5.56 Å². The number of aliphatic hydroxyl groups excluding tert-OH is 1. The molecular formula is C23H29N5O2. The molecule has 1 amide bonds. The van der Waals surface area contributed by atoms with Crippen molar-refractivity contribution in [2.45, 2.75) is 31.8 Å². The third-order valence-corrected chi connectivity index (χ3v) is 6.48. The largest absolute Gasteiger partial charge is 0.387 e. The Hall–Kier alpha value is -2.51. The highest BCUT2D eigenvalue weighted by atomic mass is 16.3. The second kappa shape index (κ2) is 8.32. The monoisotopic (exact) mass is 407 g/mol. The van der Waals surface area contributed by atoms with E-state index in [9.17, 15) is 9.90 Å². The molecule has 1 aliphatic carbocycles. The molecule has 3 heterocycles. The zero-order chi connectivity index (χ0) is 20.5. The SMILES string of the molecule is O=C(C1CC1)N1CCCc2cc([C@H](O)CN3CCN(c4cnccn4)CC3)ccc21. The second-order valence-corrected chi connectivity index (χ2v) is 8.62. The fourth-order valence-electron chi connectivity index (χ4n) is 4.57. The Morgan fingerprint density at radius 1 is 1.13 bits per heavy atom. The molecule has 0 radical (unpaired) electrons. The maximum absolute atomic E-state index is 12.6. The summed E-state index contributed by atoms with van der Waals surface area (Å²) in [6.07, 6.45) is 8.73. The van der Waals surface area contributed by atoms with E-state index in [4.69, 9.17) is 0 Å². The maximum atomic E-state index is 12.6. The number of β-amino-alcohol motifs (C(OH)–C–C–N with tert-alkyl or cyclic N) is 1. The Bertz CT molecular complexity index is 894. The molecule has 30 heavy (non-hydrogen) atoms.